The van der Waals surface area contributed by atoms with Crippen LogP contribution in [0.2, 0.25) is 0 Å². The molecule has 7 aromatic rings. The summed E-state index contributed by atoms with van der Waals surface area (Å²) >= 11 is 1.93. The second kappa shape index (κ2) is 7.61. The minimum Gasteiger partial charge on any atom is -0.309 e. The van der Waals surface area contributed by atoms with Crippen LogP contribution in [0.1, 0.15) is 51.3 Å². The number of hydrogen-bond donors (Lipinski definition) is 0. The lowest BCUT2D eigenvalue weighted by Crippen LogP contribution is -2.14. The van der Waals surface area contributed by atoms with Crippen molar-refractivity contribution in [2.45, 2.75) is 45.4 Å². The molecule has 0 radical (unpaired) electrons. The molecule has 0 N–H and O–H groups in total. The fraction of sp³-hybridized carbons (Fsp3) is 0.189. The number of nitrogens with zero attached hydrogens (tertiary/aromatic N) is 1. The van der Waals surface area contributed by atoms with Gasteiger partial charge < -0.3 is 4.57 Å². The number of hydrogen-bond acceptors (Lipinski definition) is 1. The van der Waals surface area contributed by atoms with Crippen molar-refractivity contribution in [3.8, 4) is 16.8 Å². The van der Waals surface area contributed by atoms with E-state index in [2.05, 4.69) is 136 Å². The monoisotopic (exact) mass is 521 g/mol. The minimum atomic E-state index is -0.0178. The van der Waals surface area contributed by atoms with Gasteiger partial charge in [-0.05, 0) is 69.6 Å². The topological polar surface area (TPSA) is 4.93 Å². The van der Waals surface area contributed by atoms with Crippen LogP contribution in [0.15, 0.2) is 97.1 Å². The predicted molar refractivity (Wildman–Crippen MR) is 170 cm³/mol. The van der Waals surface area contributed by atoms with Crippen LogP contribution < -0.4 is 0 Å². The first-order valence-corrected chi connectivity index (χ1v) is 14.7. The Morgan fingerprint density at radius 2 is 1.38 bits per heavy atom. The van der Waals surface area contributed by atoms with Crippen molar-refractivity contribution in [3.63, 3.8) is 0 Å². The Morgan fingerprint density at radius 1 is 0.667 bits per heavy atom. The highest BCUT2D eigenvalue weighted by atomic mass is 32.1. The second-order valence-electron chi connectivity index (χ2n) is 12.6. The highest BCUT2D eigenvalue weighted by Crippen LogP contribution is 2.55. The van der Waals surface area contributed by atoms with Gasteiger partial charge in [0, 0.05) is 42.0 Å². The molecule has 1 aliphatic carbocycles. The van der Waals surface area contributed by atoms with Crippen molar-refractivity contribution < 1.29 is 0 Å². The third kappa shape index (κ3) is 3.01. The highest BCUT2D eigenvalue weighted by molar-refractivity contribution is 7.26. The molecule has 0 saturated carbocycles. The molecule has 8 rings (SSSR count). The molecule has 2 heteroatoms. The van der Waals surface area contributed by atoms with E-state index >= 15 is 0 Å². The van der Waals surface area contributed by atoms with Crippen molar-refractivity contribution in [1.82, 2.24) is 4.57 Å². The van der Waals surface area contributed by atoms with E-state index in [-0.39, 0.29) is 10.8 Å². The number of thiophene rings is 1. The molecule has 39 heavy (non-hydrogen) atoms. The summed E-state index contributed by atoms with van der Waals surface area (Å²) in [7, 11) is 0. The van der Waals surface area contributed by atoms with Gasteiger partial charge in [-0.15, -0.1) is 11.3 Å². The van der Waals surface area contributed by atoms with E-state index in [0.29, 0.717) is 0 Å². The third-order valence-electron chi connectivity index (χ3n) is 8.95. The van der Waals surface area contributed by atoms with Crippen LogP contribution >= 0.6 is 11.3 Å². The van der Waals surface area contributed by atoms with Crippen molar-refractivity contribution in [3.05, 3.63) is 114 Å². The molecule has 1 aliphatic rings. The summed E-state index contributed by atoms with van der Waals surface area (Å²) < 4.78 is 5.23. The molecule has 1 nitrogen and oxygen atoms in total. The Bertz CT molecular complexity index is 2110. The van der Waals surface area contributed by atoms with Gasteiger partial charge in [0.2, 0.25) is 0 Å². The van der Waals surface area contributed by atoms with Crippen LogP contribution in [0.4, 0.5) is 0 Å². The lowest BCUT2D eigenvalue weighted by Gasteiger charge is -2.21. The van der Waals surface area contributed by atoms with Gasteiger partial charge in [0.05, 0.1) is 11.0 Å². The van der Waals surface area contributed by atoms with Gasteiger partial charge >= 0.3 is 0 Å². The average Bonchev–Trinajstić information content (AvgIpc) is 3.54. The van der Waals surface area contributed by atoms with Crippen molar-refractivity contribution in [1.29, 1.82) is 0 Å². The van der Waals surface area contributed by atoms with Gasteiger partial charge in [0.25, 0.3) is 0 Å². The number of para-hydroxylation sites is 1. The molecule has 0 atom stereocenters. The first kappa shape index (κ1) is 23.0. The van der Waals surface area contributed by atoms with E-state index in [1.165, 1.54) is 75.5 Å². The van der Waals surface area contributed by atoms with E-state index in [0.717, 1.165) is 0 Å². The van der Waals surface area contributed by atoms with Crippen LogP contribution in [0.5, 0.6) is 0 Å². The summed E-state index contributed by atoms with van der Waals surface area (Å²) in [6.07, 6.45) is 0. The lowest BCUT2D eigenvalue weighted by molar-refractivity contribution is 0.591. The van der Waals surface area contributed by atoms with Crippen molar-refractivity contribution >= 4 is 53.3 Å². The Balaban J connectivity index is 1.63. The molecule has 0 unspecified atom stereocenters. The highest BCUT2D eigenvalue weighted by Gasteiger charge is 2.37. The minimum absolute atomic E-state index is 0.0178. The smallest absolute Gasteiger partial charge is 0.0634 e. The molecular weight excluding hydrogens is 490 g/mol. The largest absolute Gasteiger partial charge is 0.309 e. The molecule has 0 bridgehead atoms. The maximum Gasteiger partial charge on any atom is 0.0634 e. The lowest BCUT2D eigenvalue weighted by atomic mass is 9.82. The standard InChI is InChI=1S/C37H31NS/c1-36(2,3)22-15-18-29-26(21-22)24-16-19-31-34(35(24)38(29)23-11-7-6-8-12-23)33-30(39-31)20-17-28-32(33)25-13-9-10-14-27(25)37(28,4)5/h6-21H,1-5H3. The van der Waals surface area contributed by atoms with Gasteiger partial charge in [-0.2, -0.15) is 0 Å². The van der Waals surface area contributed by atoms with Gasteiger partial charge in [-0.25, -0.2) is 0 Å². The molecule has 2 aromatic heterocycles. The maximum atomic E-state index is 2.51. The molecular formula is C37H31NS. The zero-order chi connectivity index (χ0) is 26.7. The Labute approximate surface area is 233 Å². The van der Waals surface area contributed by atoms with E-state index in [9.17, 15) is 0 Å². The van der Waals surface area contributed by atoms with Crippen LogP contribution in [-0.4, -0.2) is 4.57 Å². The summed E-state index contributed by atoms with van der Waals surface area (Å²) in [4.78, 5) is 0. The predicted octanol–water partition coefficient (Wildman–Crippen LogP) is 10.8. The number of benzene rings is 5. The van der Waals surface area contributed by atoms with Gasteiger partial charge in [0.1, 0.15) is 0 Å². The van der Waals surface area contributed by atoms with Crippen molar-refractivity contribution in [2.75, 3.05) is 0 Å². The molecule has 2 heterocycles. The maximum absolute atomic E-state index is 2.51. The van der Waals surface area contributed by atoms with Crippen LogP contribution in [0.25, 0.3) is 58.8 Å². The number of rotatable bonds is 1. The molecule has 0 saturated heterocycles. The first-order valence-electron chi connectivity index (χ1n) is 13.9. The van der Waals surface area contributed by atoms with E-state index in [1.807, 2.05) is 11.3 Å². The van der Waals surface area contributed by atoms with E-state index in [1.54, 1.807) is 0 Å². The van der Waals surface area contributed by atoms with E-state index in [4.69, 9.17) is 0 Å². The number of fused-ring (bicyclic) bond motifs is 11. The quantitative estimate of drug-likeness (QED) is 0.202. The molecule has 190 valence electrons. The summed E-state index contributed by atoms with van der Waals surface area (Å²) in [5.74, 6) is 0. The molecule has 0 fully saturated rings. The average molecular weight is 522 g/mol. The van der Waals surface area contributed by atoms with Crippen LogP contribution in [0, 0.1) is 0 Å². The Hall–Kier alpha value is -3.88. The SMILES string of the molecule is CC(C)(C)c1ccc2c(c1)c1ccc3sc4ccc5c(c4c3c1n2-c1ccccc1)-c1ccccc1C5(C)C. The third-order valence-corrected chi connectivity index (χ3v) is 10.1. The van der Waals surface area contributed by atoms with Gasteiger partial charge in [0.15, 0.2) is 0 Å². The zero-order valence-corrected chi connectivity index (χ0v) is 23.9. The molecule has 0 spiro atoms. The summed E-state index contributed by atoms with van der Waals surface area (Å²) in [5.41, 5.74) is 10.9. The molecule has 0 amide bonds. The fourth-order valence-corrected chi connectivity index (χ4v) is 8.07. The molecule has 5 aromatic carbocycles. The van der Waals surface area contributed by atoms with Gasteiger partial charge in [-0.1, -0.05) is 95.3 Å². The van der Waals surface area contributed by atoms with E-state index < -0.39 is 0 Å². The fourth-order valence-electron chi connectivity index (χ4n) is 6.95. The Kier molecular flexibility index (Phi) is 4.50. The van der Waals surface area contributed by atoms with Gasteiger partial charge in [-0.3, -0.25) is 0 Å². The van der Waals surface area contributed by atoms with Crippen LogP contribution in [-0.2, 0) is 10.8 Å². The Morgan fingerprint density at radius 3 is 2.18 bits per heavy atom. The van der Waals surface area contributed by atoms with Crippen LogP contribution in [0.3, 0.4) is 0 Å². The summed E-state index contributed by atoms with van der Waals surface area (Å²) in [5, 5.41) is 5.45. The summed E-state index contributed by atoms with van der Waals surface area (Å²) in [6.45, 7) is 11.7. The first-order chi connectivity index (χ1) is 18.7. The second-order valence-corrected chi connectivity index (χ2v) is 13.7. The number of aromatic nitrogens is 1. The zero-order valence-electron chi connectivity index (χ0n) is 23.1. The summed E-state index contributed by atoms with van der Waals surface area (Å²) in [6, 6.07) is 36.5. The normalized spacial score (nSPS) is 14.5. The van der Waals surface area contributed by atoms with Crippen molar-refractivity contribution in [2.24, 2.45) is 0 Å². The molecule has 0 aliphatic heterocycles.